The van der Waals surface area contributed by atoms with Crippen LogP contribution in [0.25, 0.3) is 17.1 Å². The van der Waals surface area contributed by atoms with Gasteiger partial charge in [-0.1, -0.05) is 86.3 Å². The monoisotopic (exact) mass is 485 g/mol. The van der Waals surface area contributed by atoms with Crippen LogP contribution >= 0.6 is 11.8 Å². The molecule has 1 aromatic heterocycles. The van der Waals surface area contributed by atoms with Crippen LogP contribution in [0.3, 0.4) is 0 Å². The third kappa shape index (κ3) is 6.16. The first-order valence-electron chi connectivity index (χ1n) is 11.4. The van der Waals surface area contributed by atoms with Gasteiger partial charge in [-0.15, -0.1) is 10.2 Å². The first-order valence-corrected chi connectivity index (χ1v) is 12.4. The van der Waals surface area contributed by atoms with Gasteiger partial charge < -0.3 is 10.6 Å². The average Bonchev–Trinajstić information content (AvgIpc) is 3.31. The second kappa shape index (κ2) is 11.5. The van der Waals surface area contributed by atoms with Crippen molar-refractivity contribution in [3.63, 3.8) is 0 Å². The van der Waals surface area contributed by atoms with Crippen molar-refractivity contribution in [3.8, 4) is 17.1 Å². The van der Waals surface area contributed by atoms with E-state index in [1.807, 2.05) is 79.1 Å². The molecule has 2 amide bonds. The molecule has 8 heteroatoms. The molecule has 4 rings (SSSR count). The summed E-state index contributed by atoms with van der Waals surface area (Å²) in [6, 6.07) is 26.6. The molecule has 0 bridgehead atoms. The fourth-order valence-corrected chi connectivity index (χ4v) is 4.20. The number of carbonyl (C=O) groups is 2. The van der Waals surface area contributed by atoms with Gasteiger partial charge in [-0.25, -0.2) is 0 Å². The summed E-state index contributed by atoms with van der Waals surface area (Å²) in [5.74, 6) is 0.704. The number of aromatic nitrogens is 3. The van der Waals surface area contributed by atoms with Crippen molar-refractivity contribution < 1.29 is 9.59 Å². The Morgan fingerprint density at radius 3 is 2.26 bits per heavy atom. The molecule has 0 aliphatic carbocycles. The molecule has 35 heavy (non-hydrogen) atoms. The zero-order valence-corrected chi connectivity index (χ0v) is 20.5. The highest BCUT2D eigenvalue weighted by atomic mass is 32.2. The van der Waals surface area contributed by atoms with Gasteiger partial charge in [0.05, 0.1) is 17.0 Å². The number of para-hydroxylation sites is 2. The van der Waals surface area contributed by atoms with Crippen LogP contribution in [0.4, 0.5) is 5.69 Å². The van der Waals surface area contributed by atoms with E-state index in [0.717, 1.165) is 11.3 Å². The summed E-state index contributed by atoms with van der Waals surface area (Å²) in [5.41, 5.74) is 2.76. The van der Waals surface area contributed by atoms with Gasteiger partial charge in [-0.3, -0.25) is 14.2 Å². The van der Waals surface area contributed by atoms with Crippen LogP contribution in [0.15, 0.2) is 90.1 Å². The maximum Gasteiger partial charge on any atom is 0.253 e. The van der Waals surface area contributed by atoms with Crippen LogP contribution in [0.2, 0.25) is 0 Å². The van der Waals surface area contributed by atoms with Gasteiger partial charge in [0.25, 0.3) is 5.91 Å². The smallest absolute Gasteiger partial charge is 0.253 e. The summed E-state index contributed by atoms with van der Waals surface area (Å²) in [4.78, 5) is 25.4. The van der Waals surface area contributed by atoms with Crippen molar-refractivity contribution in [2.75, 3.05) is 17.6 Å². The Balaban J connectivity index is 1.51. The molecule has 2 N–H and O–H groups in total. The third-order valence-corrected chi connectivity index (χ3v) is 6.06. The zero-order chi connectivity index (χ0) is 24.6. The third-order valence-electron chi connectivity index (χ3n) is 5.13. The van der Waals surface area contributed by atoms with Crippen LogP contribution < -0.4 is 10.6 Å². The molecule has 4 aromatic rings. The lowest BCUT2D eigenvalue weighted by molar-refractivity contribution is -0.113. The van der Waals surface area contributed by atoms with Crippen LogP contribution in [0, 0.1) is 5.92 Å². The van der Waals surface area contributed by atoms with E-state index in [4.69, 9.17) is 0 Å². The molecule has 0 spiro atoms. The van der Waals surface area contributed by atoms with Crippen molar-refractivity contribution in [1.82, 2.24) is 20.1 Å². The van der Waals surface area contributed by atoms with Gasteiger partial charge in [0, 0.05) is 17.8 Å². The fraction of sp³-hybridized carbons (Fsp3) is 0.185. The summed E-state index contributed by atoms with van der Waals surface area (Å²) in [6.07, 6.45) is 0. The minimum absolute atomic E-state index is 0.113. The Morgan fingerprint density at radius 1 is 0.886 bits per heavy atom. The topological polar surface area (TPSA) is 88.9 Å². The molecule has 0 aliphatic heterocycles. The van der Waals surface area contributed by atoms with Crippen molar-refractivity contribution in [3.05, 3.63) is 90.5 Å². The Labute approximate surface area is 209 Å². The largest absolute Gasteiger partial charge is 0.352 e. The number of nitrogens with zero attached hydrogens (tertiary/aromatic N) is 3. The molecule has 0 saturated heterocycles. The van der Waals surface area contributed by atoms with Gasteiger partial charge in [0.1, 0.15) is 0 Å². The van der Waals surface area contributed by atoms with E-state index in [0.29, 0.717) is 34.7 Å². The number of anilines is 1. The first kappa shape index (κ1) is 24.2. The van der Waals surface area contributed by atoms with Crippen molar-refractivity contribution >= 4 is 29.3 Å². The van der Waals surface area contributed by atoms with Gasteiger partial charge in [-0.05, 0) is 30.2 Å². The molecule has 178 valence electrons. The lowest BCUT2D eigenvalue weighted by Crippen LogP contribution is -2.28. The van der Waals surface area contributed by atoms with Crippen LogP contribution in [0.1, 0.15) is 24.2 Å². The molecule has 7 nitrogen and oxygen atoms in total. The van der Waals surface area contributed by atoms with Crippen LogP contribution in [-0.4, -0.2) is 38.9 Å². The number of hydrogen-bond acceptors (Lipinski definition) is 5. The molecular formula is C27H27N5O2S. The van der Waals surface area contributed by atoms with Crippen LogP contribution in [0.5, 0.6) is 0 Å². The standard InChI is InChI=1S/C27H27N5O2S/c1-19(2)17-28-26(34)22-15-9-10-16-23(22)29-24(33)18-35-27-31-30-25(20-11-5-3-6-12-20)32(27)21-13-7-4-8-14-21/h3-16,19H,17-18H2,1-2H3,(H,28,34)(H,29,33). The van der Waals surface area contributed by atoms with E-state index in [-0.39, 0.29) is 17.6 Å². The number of carbonyl (C=O) groups excluding carboxylic acids is 2. The van der Waals surface area contributed by atoms with E-state index < -0.39 is 0 Å². The predicted octanol–water partition coefficient (Wildman–Crippen LogP) is 5.05. The van der Waals surface area contributed by atoms with Crippen molar-refractivity contribution in [2.45, 2.75) is 19.0 Å². The molecule has 0 saturated carbocycles. The number of rotatable bonds is 9. The summed E-state index contributed by atoms with van der Waals surface area (Å²) in [5, 5.41) is 15.1. The Morgan fingerprint density at radius 2 is 1.54 bits per heavy atom. The van der Waals surface area contributed by atoms with Crippen LogP contribution in [-0.2, 0) is 4.79 Å². The van der Waals surface area contributed by atoms with E-state index in [9.17, 15) is 9.59 Å². The first-order chi connectivity index (χ1) is 17.0. The molecule has 3 aromatic carbocycles. The van der Waals surface area contributed by atoms with Gasteiger partial charge in [0.15, 0.2) is 11.0 Å². The van der Waals surface area contributed by atoms with Gasteiger partial charge in [0.2, 0.25) is 5.91 Å². The predicted molar refractivity (Wildman–Crippen MR) is 140 cm³/mol. The Kier molecular flexibility index (Phi) is 7.95. The molecule has 1 heterocycles. The molecular weight excluding hydrogens is 458 g/mol. The van der Waals surface area contributed by atoms with E-state index >= 15 is 0 Å². The second-order valence-corrected chi connectivity index (χ2v) is 9.27. The molecule has 0 fully saturated rings. The second-order valence-electron chi connectivity index (χ2n) is 8.33. The molecule has 0 atom stereocenters. The number of hydrogen-bond donors (Lipinski definition) is 2. The molecule has 0 radical (unpaired) electrons. The maximum absolute atomic E-state index is 12.8. The molecule has 0 aliphatic rings. The Bertz CT molecular complexity index is 1290. The van der Waals surface area contributed by atoms with Gasteiger partial charge >= 0.3 is 0 Å². The fourth-order valence-electron chi connectivity index (χ4n) is 3.45. The van der Waals surface area contributed by atoms with E-state index in [1.54, 1.807) is 24.3 Å². The highest BCUT2D eigenvalue weighted by Crippen LogP contribution is 2.28. The number of thioether (sulfide) groups is 1. The normalized spacial score (nSPS) is 10.8. The number of benzene rings is 3. The molecule has 0 unspecified atom stereocenters. The maximum atomic E-state index is 12.8. The number of nitrogens with one attached hydrogen (secondary N) is 2. The minimum atomic E-state index is -0.233. The summed E-state index contributed by atoms with van der Waals surface area (Å²) < 4.78 is 1.95. The van der Waals surface area contributed by atoms with Crippen molar-refractivity contribution in [1.29, 1.82) is 0 Å². The number of amides is 2. The Hall–Kier alpha value is -3.91. The highest BCUT2D eigenvalue weighted by molar-refractivity contribution is 7.99. The average molecular weight is 486 g/mol. The summed E-state index contributed by atoms with van der Waals surface area (Å²) in [6.45, 7) is 4.63. The lowest BCUT2D eigenvalue weighted by atomic mass is 10.1. The quantitative estimate of drug-likeness (QED) is 0.324. The lowest BCUT2D eigenvalue weighted by Gasteiger charge is -2.13. The van der Waals surface area contributed by atoms with E-state index in [2.05, 4.69) is 20.8 Å². The SMILES string of the molecule is CC(C)CNC(=O)c1ccccc1NC(=O)CSc1nnc(-c2ccccc2)n1-c1ccccc1. The summed E-state index contributed by atoms with van der Waals surface area (Å²) in [7, 11) is 0. The summed E-state index contributed by atoms with van der Waals surface area (Å²) >= 11 is 1.29. The minimum Gasteiger partial charge on any atom is -0.352 e. The van der Waals surface area contributed by atoms with Gasteiger partial charge in [-0.2, -0.15) is 0 Å². The van der Waals surface area contributed by atoms with E-state index in [1.165, 1.54) is 11.8 Å². The van der Waals surface area contributed by atoms with Crippen molar-refractivity contribution in [2.24, 2.45) is 5.92 Å². The zero-order valence-electron chi connectivity index (χ0n) is 19.6. The highest BCUT2D eigenvalue weighted by Gasteiger charge is 2.18.